The summed E-state index contributed by atoms with van der Waals surface area (Å²) in [7, 11) is 1.56. The topological polar surface area (TPSA) is 42.4 Å². The van der Waals surface area contributed by atoms with E-state index in [2.05, 4.69) is 20.9 Å². The van der Waals surface area contributed by atoms with Crippen LogP contribution in [0.15, 0.2) is 59.1 Å². The molecule has 0 amide bonds. The molecule has 21 heavy (non-hydrogen) atoms. The molecule has 0 radical (unpaired) electrons. The smallest absolute Gasteiger partial charge is 0.219 e. The molecule has 0 aliphatic rings. The molecule has 0 aliphatic heterocycles. The Kier molecular flexibility index (Phi) is 3.90. The molecule has 0 spiro atoms. The van der Waals surface area contributed by atoms with Crippen molar-refractivity contribution in [1.82, 2.24) is 4.98 Å². The van der Waals surface area contributed by atoms with Crippen LogP contribution >= 0.6 is 15.9 Å². The van der Waals surface area contributed by atoms with Crippen molar-refractivity contribution in [2.24, 2.45) is 0 Å². The van der Waals surface area contributed by atoms with Crippen LogP contribution in [0.25, 0.3) is 10.9 Å². The third-order valence-electron chi connectivity index (χ3n) is 3.37. The van der Waals surface area contributed by atoms with E-state index in [1.54, 1.807) is 7.11 Å². The zero-order valence-electron chi connectivity index (χ0n) is 11.5. The number of pyridine rings is 1. The Bertz CT molecular complexity index is 774. The Labute approximate surface area is 131 Å². The molecular weight excluding hydrogens is 330 g/mol. The summed E-state index contributed by atoms with van der Waals surface area (Å²) in [6.07, 6.45) is -0.767. The van der Waals surface area contributed by atoms with Crippen LogP contribution in [0.4, 0.5) is 0 Å². The van der Waals surface area contributed by atoms with E-state index in [0.29, 0.717) is 11.4 Å². The van der Waals surface area contributed by atoms with E-state index in [1.165, 1.54) is 0 Å². The van der Waals surface area contributed by atoms with Gasteiger partial charge in [-0.15, -0.1) is 0 Å². The summed E-state index contributed by atoms with van der Waals surface area (Å²) >= 11 is 3.45. The Morgan fingerprint density at radius 2 is 1.86 bits per heavy atom. The molecule has 3 nitrogen and oxygen atoms in total. The van der Waals surface area contributed by atoms with Crippen molar-refractivity contribution in [1.29, 1.82) is 0 Å². The standard InChI is InChI=1S/C17H14BrNO2/c1-21-17-14(16(20)11-5-3-2-4-6-11)10-12-9-13(18)7-8-15(12)19-17/h2-10,16,20H,1H3. The lowest BCUT2D eigenvalue weighted by Gasteiger charge is -2.15. The highest BCUT2D eigenvalue weighted by molar-refractivity contribution is 9.10. The SMILES string of the molecule is COc1nc2ccc(Br)cc2cc1C(O)c1ccccc1. The molecular formula is C17H14BrNO2. The maximum absolute atomic E-state index is 10.6. The first-order valence-electron chi connectivity index (χ1n) is 6.56. The van der Waals surface area contributed by atoms with Crippen LogP contribution < -0.4 is 4.74 Å². The van der Waals surface area contributed by atoms with Crippen LogP contribution in [0.3, 0.4) is 0 Å². The third kappa shape index (κ3) is 2.77. The van der Waals surface area contributed by atoms with Crippen LogP contribution in [0.5, 0.6) is 5.88 Å². The molecule has 106 valence electrons. The lowest BCUT2D eigenvalue weighted by Crippen LogP contribution is -2.04. The number of ether oxygens (including phenoxy) is 1. The Hall–Kier alpha value is -1.91. The van der Waals surface area contributed by atoms with Crippen LogP contribution in [0.2, 0.25) is 0 Å². The van der Waals surface area contributed by atoms with E-state index < -0.39 is 6.10 Å². The molecule has 0 saturated carbocycles. The van der Waals surface area contributed by atoms with Gasteiger partial charge in [-0.3, -0.25) is 0 Å². The molecule has 2 aromatic carbocycles. The zero-order valence-corrected chi connectivity index (χ0v) is 13.0. The monoisotopic (exact) mass is 343 g/mol. The molecule has 3 rings (SSSR count). The Morgan fingerprint density at radius 1 is 1.10 bits per heavy atom. The Balaban J connectivity index is 2.16. The summed E-state index contributed by atoms with van der Waals surface area (Å²) in [5, 5.41) is 11.6. The number of hydrogen-bond acceptors (Lipinski definition) is 3. The van der Waals surface area contributed by atoms with Gasteiger partial charge in [0.2, 0.25) is 5.88 Å². The molecule has 0 bridgehead atoms. The van der Waals surface area contributed by atoms with Gasteiger partial charge in [0.1, 0.15) is 6.10 Å². The minimum Gasteiger partial charge on any atom is -0.481 e. The number of halogens is 1. The number of hydrogen-bond donors (Lipinski definition) is 1. The van der Waals surface area contributed by atoms with Crippen molar-refractivity contribution in [3.63, 3.8) is 0 Å². The van der Waals surface area contributed by atoms with E-state index in [0.717, 1.165) is 20.9 Å². The van der Waals surface area contributed by atoms with Crippen LogP contribution in [0.1, 0.15) is 17.2 Å². The molecule has 1 heterocycles. The van der Waals surface area contributed by atoms with Crippen LogP contribution in [-0.4, -0.2) is 17.2 Å². The fourth-order valence-corrected chi connectivity index (χ4v) is 2.70. The van der Waals surface area contributed by atoms with E-state index in [1.807, 2.05) is 54.6 Å². The summed E-state index contributed by atoms with van der Waals surface area (Å²) < 4.78 is 6.32. The first-order valence-corrected chi connectivity index (χ1v) is 7.35. The molecule has 1 atom stereocenters. The van der Waals surface area contributed by atoms with Crippen LogP contribution in [-0.2, 0) is 0 Å². The van der Waals surface area contributed by atoms with Crippen molar-refractivity contribution in [2.45, 2.75) is 6.10 Å². The second-order valence-corrected chi connectivity index (χ2v) is 5.65. The second-order valence-electron chi connectivity index (χ2n) is 4.74. The van der Waals surface area contributed by atoms with Gasteiger partial charge >= 0.3 is 0 Å². The number of rotatable bonds is 3. The lowest BCUT2D eigenvalue weighted by molar-refractivity contribution is 0.213. The molecule has 1 aromatic heterocycles. The first kappa shape index (κ1) is 14.0. The van der Waals surface area contributed by atoms with Gasteiger partial charge in [0.05, 0.1) is 12.6 Å². The highest BCUT2D eigenvalue weighted by atomic mass is 79.9. The van der Waals surface area contributed by atoms with E-state index in [-0.39, 0.29) is 0 Å². The molecule has 0 saturated heterocycles. The summed E-state index contributed by atoms with van der Waals surface area (Å²) in [6, 6.07) is 17.2. The highest BCUT2D eigenvalue weighted by Gasteiger charge is 2.17. The van der Waals surface area contributed by atoms with E-state index in [9.17, 15) is 5.11 Å². The fraction of sp³-hybridized carbons (Fsp3) is 0.118. The van der Waals surface area contributed by atoms with Gasteiger partial charge in [-0.1, -0.05) is 46.3 Å². The number of aliphatic hydroxyl groups excluding tert-OH is 1. The number of nitrogens with zero attached hydrogens (tertiary/aromatic N) is 1. The molecule has 0 fully saturated rings. The van der Waals surface area contributed by atoms with Gasteiger partial charge in [0, 0.05) is 15.4 Å². The molecule has 4 heteroatoms. The molecule has 1 unspecified atom stereocenters. The number of aliphatic hydroxyl groups is 1. The highest BCUT2D eigenvalue weighted by Crippen LogP contribution is 2.32. The summed E-state index contributed by atoms with van der Waals surface area (Å²) in [5.74, 6) is 0.446. The molecule has 3 aromatic rings. The van der Waals surface area contributed by atoms with Crippen LogP contribution in [0, 0.1) is 0 Å². The van der Waals surface area contributed by atoms with E-state index in [4.69, 9.17) is 4.74 Å². The minimum absolute atomic E-state index is 0.446. The van der Waals surface area contributed by atoms with Crippen molar-refractivity contribution >= 4 is 26.8 Å². The maximum Gasteiger partial charge on any atom is 0.219 e. The van der Waals surface area contributed by atoms with E-state index >= 15 is 0 Å². The number of fused-ring (bicyclic) bond motifs is 1. The number of aromatic nitrogens is 1. The van der Waals surface area contributed by atoms with Gasteiger partial charge in [-0.25, -0.2) is 4.98 Å². The minimum atomic E-state index is -0.767. The lowest BCUT2D eigenvalue weighted by atomic mass is 10.0. The largest absolute Gasteiger partial charge is 0.481 e. The molecule has 1 N–H and O–H groups in total. The third-order valence-corrected chi connectivity index (χ3v) is 3.87. The summed E-state index contributed by atoms with van der Waals surface area (Å²) in [6.45, 7) is 0. The van der Waals surface area contributed by atoms with Crippen molar-refractivity contribution in [2.75, 3.05) is 7.11 Å². The summed E-state index contributed by atoms with van der Waals surface area (Å²) in [4.78, 5) is 4.48. The average Bonchev–Trinajstić information content (AvgIpc) is 2.53. The quantitative estimate of drug-likeness (QED) is 0.778. The van der Waals surface area contributed by atoms with Gasteiger partial charge < -0.3 is 9.84 Å². The normalized spacial score (nSPS) is 12.3. The average molecular weight is 344 g/mol. The van der Waals surface area contributed by atoms with Gasteiger partial charge in [-0.05, 0) is 29.8 Å². The summed E-state index contributed by atoms with van der Waals surface area (Å²) in [5.41, 5.74) is 2.31. The van der Waals surface area contributed by atoms with Crippen molar-refractivity contribution in [3.8, 4) is 5.88 Å². The molecule has 0 aliphatic carbocycles. The van der Waals surface area contributed by atoms with Crippen molar-refractivity contribution < 1.29 is 9.84 Å². The van der Waals surface area contributed by atoms with Gasteiger partial charge in [0.15, 0.2) is 0 Å². The maximum atomic E-state index is 10.6. The fourth-order valence-electron chi connectivity index (χ4n) is 2.32. The zero-order chi connectivity index (χ0) is 14.8. The second kappa shape index (κ2) is 5.84. The van der Waals surface area contributed by atoms with Gasteiger partial charge in [-0.2, -0.15) is 0 Å². The predicted octanol–water partition coefficient (Wildman–Crippen LogP) is 4.09. The first-order chi connectivity index (χ1) is 10.2. The number of benzene rings is 2. The van der Waals surface area contributed by atoms with Gasteiger partial charge in [0.25, 0.3) is 0 Å². The van der Waals surface area contributed by atoms with Crippen molar-refractivity contribution in [3.05, 3.63) is 70.2 Å². The predicted molar refractivity (Wildman–Crippen MR) is 86.5 cm³/mol. The Morgan fingerprint density at radius 3 is 2.57 bits per heavy atom. The number of methoxy groups -OCH3 is 1.